The number of aromatic nitrogens is 2. The number of benzene rings is 1. The normalized spacial score (nSPS) is 10.3. The zero-order valence-corrected chi connectivity index (χ0v) is 11.6. The second-order valence-corrected chi connectivity index (χ2v) is 4.99. The molecule has 0 unspecified atom stereocenters. The van der Waals surface area contributed by atoms with Crippen molar-refractivity contribution in [1.82, 2.24) is 9.78 Å². The number of hydrogen-bond acceptors (Lipinski definition) is 3. The number of nitrogens with one attached hydrogen (secondary N) is 1. The van der Waals surface area contributed by atoms with E-state index < -0.39 is 0 Å². The Morgan fingerprint density at radius 2 is 2.33 bits per heavy atom. The topological polar surface area (TPSA) is 72.9 Å². The Labute approximate surface area is 117 Å². The van der Waals surface area contributed by atoms with Crippen LogP contribution in [0.5, 0.6) is 0 Å². The summed E-state index contributed by atoms with van der Waals surface area (Å²) in [6.45, 7) is 0.119. The molecule has 0 aliphatic heterocycles. The molecule has 2 aromatic rings. The predicted molar refractivity (Wildman–Crippen MR) is 74.4 cm³/mol. The highest BCUT2D eigenvalue weighted by molar-refractivity contribution is 9.10. The molecule has 1 amide bonds. The molecule has 5 nitrogen and oxygen atoms in total. The van der Waals surface area contributed by atoms with Gasteiger partial charge in [-0.05, 0) is 34.1 Å². The number of halogens is 2. The molecule has 0 atom stereocenters. The molecule has 1 heterocycles. The van der Waals surface area contributed by atoms with Crippen LogP contribution in [0.25, 0.3) is 0 Å². The first kappa shape index (κ1) is 12.9. The van der Waals surface area contributed by atoms with Crippen LogP contribution >= 0.6 is 27.5 Å². The maximum absolute atomic E-state index is 11.8. The number of nitrogen functional groups attached to an aromatic ring is 1. The van der Waals surface area contributed by atoms with Crippen molar-refractivity contribution in [2.45, 2.75) is 6.54 Å². The molecule has 94 valence electrons. The molecule has 0 aliphatic rings. The van der Waals surface area contributed by atoms with E-state index in [0.717, 1.165) is 4.47 Å². The van der Waals surface area contributed by atoms with E-state index >= 15 is 0 Å². The number of nitrogens with zero attached hydrogens (tertiary/aromatic N) is 2. The van der Waals surface area contributed by atoms with E-state index in [9.17, 15) is 4.79 Å². The number of hydrogen-bond donors (Lipinski definition) is 2. The second kappa shape index (κ2) is 5.41. The lowest BCUT2D eigenvalue weighted by Gasteiger charge is -2.08. The largest absolute Gasteiger partial charge is 0.397 e. The van der Waals surface area contributed by atoms with Crippen LogP contribution in [-0.4, -0.2) is 15.7 Å². The van der Waals surface area contributed by atoms with Gasteiger partial charge in [-0.3, -0.25) is 9.48 Å². The van der Waals surface area contributed by atoms with Gasteiger partial charge in [0.25, 0.3) is 0 Å². The maximum Gasteiger partial charge on any atom is 0.246 e. The maximum atomic E-state index is 11.8. The Morgan fingerprint density at radius 1 is 1.56 bits per heavy atom. The first-order valence-corrected chi connectivity index (χ1v) is 6.24. The molecule has 0 saturated heterocycles. The summed E-state index contributed by atoms with van der Waals surface area (Å²) in [5, 5.41) is 7.22. The van der Waals surface area contributed by atoms with E-state index in [1.54, 1.807) is 30.6 Å². The quantitative estimate of drug-likeness (QED) is 0.850. The minimum absolute atomic E-state index is 0.119. The smallest absolute Gasteiger partial charge is 0.246 e. The third-order valence-electron chi connectivity index (χ3n) is 2.20. The van der Waals surface area contributed by atoms with Gasteiger partial charge in [-0.1, -0.05) is 11.6 Å². The van der Waals surface area contributed by atoms with Crippen molar-refractivity contribution < 1.29 is 4.79 Å². The van der Waals surface area contributed by atoms with E-state index in [0.29, 0.717) is 16.4 Å². The number of anilines is 2. The molecule has 0 saturated carbocycles. The van der Waals surface area contributed by atoms with Gasteiger partial charge < -0.3 is 11.1 Å². The molecule has 0 aliphatic carbocycles. The lowest BCUT2D eigenvalue weighted by molar-refractivity contribution is -0.116. The lowest BCUT2D eigenvalue weighted by atomic mass is 10.2. The van der Waals surface area contributed by atoms with Gasteiger partial charge in [-0.25, -0.2) is 0 Å². The Kier molecular flexibility index (Phi) is 3.88. The van der Waals surface area contributed by atoms with Gasteiger partial charge in [-0.2, -0.15) is 5.10 Å². The fourth-order valence-electron chi connectivity index (χ4n) is 1.41. The Bertz CT molecular complexity index is 584. The predicted octanol–water partition coefficient (Wildman–Crippen LogP) is 2.52. The van der Waals surface area contributed by atoms with Gasteiger partial charge in [0, 0.05) is 11.2 Å². The summed E-state index contributed by atoms with van der Waals surface area (Å²) in [5.41, 5.74) is 6.70. The number of nitrogens with two attached hydrogens (primary N) is 1. The third-order valence-corrected chi connectivity index (χ3v) is 2.84. The summed E-state index contributed by atoms with van der Waals surface area (Å²) in [5.74, 6) is -0.209. The Morgan fingerprint density at radius 3 is 2.94 bits per heavy atom. The van der Waals surface area contributed by atoms with Crippen molar-refractivity contribution >= 4 is 44.8 Å². The van der Waals surface area contributed by atoms with Gasteiger partial charge in [-0.15, -0.1) is 0 Å². The zero-order valence-electron chi connectivity index (χ0n) is 9.23. The van der Waals surface area contributed by atoms with E-state index in [1.807, 2.05) is 0 Å². The van der Waals surface area contributed by atoms with Gasteiger partial charge in [0.05, 0.1) is 22.0 Å². The summed E-state index contributed by atoms with van der Waals surface area (Å²) in [4.78, 5) is 11.8. The molecule has 1 aromatic carbocycles. The SMILES string of the molecule is Nc1cc(Cl)ccc1NC(=O)Cn1cc(Br)cn1. The van der Waals surface area contributed by atoms with Crippen molar-refractivity contribution in [3.05, 3.63) is 40.1 Å². The average molecular weight is 330 g/mol. The van der Waals surface area contributed by atoms with E-state index in [2.05, 4.69) is 26.3 Å². The van der Waals surface area contributed by atoms with Gasteiger partial charge in [0.1, 0.15) is 6.54 Å². The van der Waals surface area contributed by atoms with Crippen molar-refractivity contribution in [3.63, 3.8) is 0 Å². The molecule has 0 radical (unpaired) electrons. The Hall–Kier alpha value is -1.53. The lowest BCUT2D eigenvalue weighted by Crippen LogP contribution is -2.19. The van der Waals surface area contributed by atoms with E-state index in [1.165, 1.54) is 4.68 Å². The van der Waals surface area contributed by atoms with Crippen molar-refractivity contribution in [3.8, 4) is 0 Å². The molecule has 0 spiro atoms. The van der Waals surface area contributed by atoms with Crippen LogP contribution in [0, 0.1) is 0 Å². The molecular formula is C11H10BrClN4O. The van der Waals surface area contributed by atoms with Crippen LogP contribution < -0.4 is 11.1 Å². The van der Waals surface area contributed by atoms with Gasteiger partial charge in [0.15, 0.2) is 0 Å². The van der Waals surface area contributed by atoms with Gasteiger partial charge >= 0.3 is 0 Å². The molecule has 0 bridgehead atoms. The monoisotopic (exact) mass is 328 g/mol. The third kappa shape index (κ3) is 3.24. The summed E-state index contributed by atoms with van der Waals surface area (Å²) < 4.78 is 2.34. The van der Waals surface area contributed by atoms with Crippen LogP contribution in [0.3, 0.4) is 0 Å². The zero-order chi connectivity index (χ0) is 13.1. The molecule has 18 heavy (non-hydrogen) atoms. The number of carbonyl (C=O) groups is 1. The highest BCUT2D eigenvalue weighted by Crippen LogP contribution is 2.22. The minimum atomic E-state index is -0.209. The fourth-order valence-corrected chi connectivity index (χ4v) is 1.92. The number of rotatable bonds is 3. The van der Waals surface area contributed by atoms with Crippen molar-refractivity contribution in [2.75, 3.05) is 11.1 Å². The minimum Gasteiger partial charge on any atom is -0.397 e. The molecule has 0 fully saturated rings. The van der Waals surface area contributed by atoms with Crippen molar-refractivity contribution in [1.29, 1.82) is 0 Å². The van der Waals surface area contributed by atoms with Crippen LogP contribution in [0.1, 0.15) is 0 Å². The van der Waals surface area contributed by atoms with E-state index in [4.69, 9.17) is 17.3 Å². The molecule has 1 aromatic heterocycles. The number of carbonyl (C=O) groups excluding carboxylic acids is 1. The average Bonchev–Trinajstić information content (AvgIpc) is 2.68. The van der Waals surface area contributed by atoms with E-state index in [-0.39, 0.29) is 12.5 Å². The van der Waals surface area contributed by atoms with Crippen molar-refractivity contribution in [2.24, 2.45) is 0 Å². The molecule has 2 rings (SSSR count). The Balaban J connectivity index is 2.03. The van der Waals surface area contributed by atoms with Gasteiger partial charge in [0.2, 0.25) is 5.91 Å². The molecular weight excluding hydrogens is 320 g/mol. The molecule has 3 N–H and O–H groups in total. The standard InChI is InChI=1S/C11H10BrClN4O/c12-7-4-15-17(5-7)6-11(18)16-10-2-1-8(13)3-9(10)14/h1-5H,6,14H2,(H,16,18). The highest BCUT2D eigenvalue weighted by atomic mass is 79.9. The van der Waals surface area contributed by atoms with Crippen LogP contribution in [-0.2, 0) is 11.3 Å². The molecule has 7 heteroatoms. The first-order chi connectivity index (χ1) is 8.54. The van der Waals surface area contributed by atoms with Crippen LogP contribution in [0.2, 0.25) is 5.02 Å². The summed E-state index contributed by atoms with van der Waals surface area (Å²) in [6.07, 6.45) is 3.33. The van der Waals surface area contributed by atoms with Crippen LogP contribution in [0.15, 0.2) is 35.1 Å². The number of amides is 1. The fraction of sp³-hybridized carbons (Fsp3) is 0.0909. The second-order valence-electron chi connectivity index (χ2n) is 3.64. The summed E-state index contributed by atoms with van der Waals surface area (Å²) in [6, 6.07) is 4.91. The highest BCUT2D eigenvalue weighted by Gasteiger charge is 2.07. The van der Waals surface area contributed by atoms with Crippen LogP contribution in [0.4, 0.5) is 11.4 Å². The summed E-state index contributed by atoms with van der Waals surface area (Å²) in [7, 11) is 0. The summed E-state index contributed by atoms with van der Waals surface area (Å²) >= 11 is 9.03. The first-order valence-electron chi connectivity index (χ1n) is 5.07.